The van der Waals surface area contributed by atoms with E-state index in [2.05, 4.69) is 27.3 Å². The number of carbonyl (C=O) groups excluding carboxylic acids is 1. The van der Waals surface area contributed by atoms with E-state index in [9.17, 15) is 14.4 Å². The standard InChI is InChI=1S/C21H24N4O3/c1-24(14-16-8-3-2-4-9-16)13-7-12-22-19(26)15-25-18-11-6-5-10-17(18)20(27)23-21(25)28/h2-6,8-11H,7,12-15H2,1H3,(H,22,26)(H,23,27,28). The summed E-state index contributed by atoms with van der Waals surface area (Å²) >= 11 is 0. The van der Waals surface area contributed by atoms with Gasteiger partial charge < -0.3 is 10.2 Å². The van der Waals surface area contributed by atoms with Crippen molar-refractivity contribution < 1.29 is 4.79 Å². The van der Waals surface area contributed by atoms with E-state index >= 15 is 0 Å². The molecule has 7 nitrogen and oxygen atoms in total. The molecule has 0 unspecified atom stereocenters. The highest BCUT2D eigenvalue weighted by Crippen LogP contribution is 2.06. The van der Waals surface area contributed by atoms with Crippen molar-refractivity contribution in [2.45, 2.75) is 19.5 Å². The third-order valence-electron chi connectivity index (χ3n) is 4.54. The summed E-state index contributed by atoms with van der Waals surface area (Å²) in [6.45, 7) is 2.09. The molecule has 0 fully saturated rings. The average Bonchev–Trinajstić information content (AvgIpc) is 2.69. The number of amides is 1. The number of hydrogen-bond acceptors (Lipinski definition) is 4. The first-order chi connectivity index (χ1) is 13.5. The number of nitrogens with one attached hydrogen (secondary N) is 2. The molecule has 7 heteroatoms. The number of para-hydroxylation sites is 1. The summed E-state index contributed by atoms with van der Waals surface area (Å²) in [4.78, 5) is 40.7. The molecule has 0 atom stereocenters. The van der Waals surface area contributed by atoms with Crippen LogP contribution in [0.5, 0.6) is 0 Å². The molecule has 0 aliphatic rings. The molecule has 0 saturated carbocycles. The van der Waals surface area contributed by atoms with E-state index in [1.165, 1.54) is 10.1 Å². The molecule has 0 aliphatic carbocycles. The van der Waals surface area contributed by atoms with E-state index in [0.717, 1.165) is 19.5 Å². The second kappa shape index (κ2) is 9.14. The molecule has 0 aliphatic heterocycles. The van der Waals surface area contributed by atoms with Gasteiger partial charge >= 0.3 is 5.69 Å². The van der Waals surface area contributed by atoms with Crippen molar-refractivity contribution >= 4 is 16.8 Å². The number of aromatic nitrogens is 2. The molecule has 1 heterocycles. The lowest BCUT2D eigenvalue weighted by atomic mass is 10.2. The van der Waals surface area contributed by atoms with Crippen LogP contribution in [-0.2, 0) is 17.9 Å². The number of benzene rings is 2. The van der Waals surface area contributed by atoms with Gasteiger partial charge in [0.05, 0.1) is 10.9 Å². The lowest BCUT2D eigenvalue weighted by Crippen LogP contribution is -2.37. The van der Waals surface area contributed by atoms with E-state index in [1.807, 2.05) is 25.2 Å². The van der Waals surface area contributed by atoms with Gasteiger partial charge in [0.25, 0.3) is 5.56 Å². The Morgan fingerprint density at radius 3 is 2.57 bits per heavy atom. The number of fused-ring (bicyclic) bond motifs is 1. The SMILES string of the molecule is CN(CCCNC(=O)Cn1c(=O)[nH]c(=O)c2ccccc21)Cc1ccccc1. The number of carbonyl (C=O) groups is 1. The zero-order chi connectivity index (χ0) is 19.9. The molecule has 1 aromatic heterocycles. The van der Waals surface area contributed by atoms with Gasteiger partial charge in [0.2, 0.25) is 5.91 Å². The first kappa shape index (κ1) is 19.6. The molecule has 0 bridgehead atoms. The van der Waals surface area contributed by atoms with Gasteiger partial charge in [-0.05, 0) is 37.7 Å². The van der Waals surface area contributed by atoms with Crippen LogP contribution in [0.1, 0.15) is 12.0 Å². The molecule has 0 radical (unpaired) electrons. The number of rotatable bonds is 8. The molecule has 2 N–H and O–H groups in total. The monoisotopic (exact) mass is 380 g/mol. The van der Waals surface area contributed by atoms with E-state index in [4.69, 9.17) is 0 Å². The minimum atomic E-state index is -0.582. The van der Waals surface area contributed by atoms with Crippen LogP contribution in [-0.4, -0.2) is 40.5 Å². The largest absolute Gasteiger partial charge is 0.354 e. The van der Waals surface area contributed by atoms with Crippen molar-refractivity contribution in [3.8, 4) is 0 Å². The zero-order valence-electron chi connectivity index (χ0n) is 15.9. The molecule has 2 aromatic carbocycles. The van der Waals surface area contributed by atoms with Crippen molar-refractivity contribution in [1.82, 2.24) is 19.8 Å². The summed E-state index contributed by atoms with van der Waals surface area (Å²) in [5.74, 6) is -0.259. The Kier molecular flexibility index (Phi) is 6.39. The third kappa shape index (κ3) is 4.95. The molecule has 28 heavy (non-hydrogen) atoms. The highest BCUT2D eigenvalue weighted by atomic mass is 16.2. The molecule has 0 saturated heterocycles. The van der Waals surface area contributed by atoms with Crippen LogP contribution in [0.2, 0.25) is 0 Å². The van der Waals surface area contributed by atoms with Gasteiger partial charge in [0.1, 0.15) is 6.54 Å². The minimum absolute atomic E-state index is 0.129. The molecular formula is C21H24N4O3. The van der Waals surface area contributed by atoms with E-state index < -0.39 is 11.2 Å². The van der Waals surface area contributed by atoms with Crippen LogP contribution in [0, 0.1) is 0 Å². The number of nitrogens with zero attached hydrogens (tertiary/aromatic N) is 2. The second-order valence-corrected chi connectivity index (χ2v) is 6.79. The predicted molar refractivity (Wildman–Crippen MR) is 109 cm³/mol. The fraction of sp³-hybridized carbons (Fsp3) is 0.286. The maximum Gasteiger partial charge on any atom is 0.329 e. The van der Waals surface area contributed by atoms with Crippen LogP contribution in [0.25, 0.3) is 10.9 Å². The third-order valence-corrected chi connectivity index (χ3v) is 4.54. The van der Waals surface area contributed by atoms with Gasteiger partial charge in [-0.25, -0.2) is 4.79 Å². The summed E-state index contributed by atoms with van der Waals surface area (Å²) in [6, 6.07) is 17.0. The molecule has 1 amide bonds. The molecule has 0 spiro atoms. The van der Waals surface area contributed by atoms with E-state index in [-0.39, 0.29) is 12.5 Å². The Morgan fingerprint density at radius 2 is 1.79 bits per heavy atom. The van der Waals surface area contributed by atoms with Crippen LogP contribution < -0.4 is 16.6 Å². The highest BCUT2D eigenvalue weighted by molar-refractivity contribution is 5.81. The van der Waals surface area contributed by atoms with Crippen molar-refractivity contribution in [3.63, 3.8) is 0 Å². The highest BCUT2D eigenvalue weighted by Gasteiger charge is 2.10. The Labute approximate surface area is 162 Å². The Morgan fingerprint density at radius 1 is 1.07 bits per heavy atom. The predicted octanol–water partition coefficient (Wildman–Crippen LogP) is 1.33. The van der Waals surface area contributed by atoms with Crippen molar-refractivity contribution in [2.75, 3.05) is 20.1 Å². The molecule has 3 rings (SSSR count). The van der Waals surface area contributed by atoms with Gasteiger partial charge in [-0.3, -0.25) is 19.1 Å². The van der Waals surface area contributed by atoms with Crippen molar-refractivity contribution in [3.05, 3.63) is 81.0 Å². The smallest absolute Gasteiger partial charge is 0.329 e. The normalized spacial score (nSPS) is 11.1. The number of aromatic amines is 1. The second-order valence-electron chi connectivity index (χ2n) is 6.79. The van der Waals surface area contributed by atoms with Crippen molar-refractivity contribution in [1.29, 1.82) is 0 Å². The first-order valence-electron chi connectivity index (χ1n) is 9.25. The lowest BCUT2D eigenvalue weighted by Gasteiger charge is -2.17. The molecule has 3 aromatic rings. The van der Waals surface area contributed by atoms with Gasteiger partial charge in [-0.1, -0.05) is 42.5 Å². The maximum absolute atomic E-state index is 12.3. The van der Waals surface area contributed by atoms with Gasteiger partial charge in [-0.2, -0.15) is 0 Å². The quantitative estimate of drug-likeness (QED) is 0.577. The lowest BCUT2D eigenvalue weighted by molar-refractivity contribution is -0.121. The average molecular weight is 380 g/mol. The van der Waals surface area contributed by atoms with Crippen LogP contribution >= 0.6 is 0 Å². The maximum atomic E-state index is 12.3. The fourth-order valence-electron chi connectivity index (χ4n) is 3.15. The number of hydrogen-bond donors (Lipinski definition) is 2. The van der Waals surface area contributed by atoms with Gasteiger partial charge in [0, 0.05) is 13.1 Å². The Bertz CT molecular complexity index is 1060. The van der Waals surface area contributed by atoms with Crippen LogP contribution in [0.4, 0.5) is 0 Å². The Balaban J connectivity index is 1.51. The van der Waals surface area contributed by atoms with Gasteiger partial charge in [0.15, 0.2) is 0 Å². The fourth-order valence-corrected chi connectivity index (χ4v) is 3.15. The van der Waals surface area contributed by atoms with Crippen LogP contribution in [0.3, 0.4) is 0 Å². The molecular weight excluding hydrogens is 356 g/mol. The summed E-state index contributed by atoms with van der Waals surface area (Å²) in [5.41, 5.74) is 0.674. The molecule has 146 valence electrons. The summed E-state index contributed by atoms with van der Waals surface area (Å²) in [7, 11) is 2.04. The zero-order valence-corrected chi connectivity index (χ0v) is 15.9. The van der Waals surface area contributed by atoms with E-state index in [0.29, 0.717) is 17.4 Å². The summed E-state index contributed by atoms with van der Waals surface area (Å²) < 4.78 is 1.29. The summed E-state index contributed by atoms with van der Waals surface area (Å²) in [5, 5.41) is 3.23. The first-order valence-corrected chi connectivity index (χ1v) is 9.25. The van der Waals surface area contributed by atoms with Crippen molar-refractivity contribution in [2.24, 2.45) is 0 Å². The van der Waals surface area contributed by atoms with E-state index in [1.54, 1.807) is 24.3 Å². The van der Waals surface area contributed by atoms with Gasteiger partial charge in [-0.15, -0.1) is 0 Å². The minimum Gasteiger partial charge on any atom is -0.354 e. The van der Waals surface area contributed by atoms with Crippen LogP contribution in [0.15, 0.2) is 64.2 Å². The Hall–Kier alpha value is -3.19. The topological polar surface area (TPSA) is 87.2 Å². The number of H-pyrrole nitrogens is 1. The summed E-state index contributed by atoms with van der Waals surface area (Å²) in [6.07, 6.45) is 0.802.